The van der Waals surface area contributed by atoms with Crippen molar-refractivity contribution >= 4 is 5.91 Å². The number of carbonyl (C=O) groups excluding carboxylic acids is 1. The maximum atomic E-state index is 12.4. The monoisotopic (exact) mass is 277 g/mol. The number of furan rings is 1. The summed E-state index contributed by atoms with van der Waals surface area (Å²) in [6.45, 7) is 6.55. The van der Waals surface area contributed by atoms with Gasteiger partial charge in [-0.1, -0.05) is 5.16 Å². The van der Waals surface area contributed by atoms with E-state index in [4.69, 9.17) is 14.7 Å². The van der Waals surface area contributed by atoms with Crippen LogP contribution in [0.1, 0.15) is 42.6 Å². The highest BCUT2D eigenvalue weighted by Gasteiger charge is 2.24. The number of nitrogens with zero attached hydrogens (tertiary/aromatic N) is 2. The largest absolute Gasteiger partial charge is 0.472 e. The van der Waals surface area contributed by atoms with Gasteiger partial charge in [0, 0.05) is 24.7 Å². The molecule has 6 heteroatoms. The lowest BCUT2D eigenvalue weighted by Crippen LogP contribution is -2.30. The Kier molecular flexibility index (Phi) is 3.94. The SMILES string of the molecule is CCN(Cc1ccoc1)C(=O)c1cc(C(C)(C)N)no1. The van der Waals surface area contributed by atoms with Crippen LogP contribution in [0, 0.1) is 0 Å². The summed E-state index contributed by atoms with van der Waals surface area (Å²) in [6.07, 6.45) is 3.20. The average Bonchev–Trinajstić information content (AvgIpc) is 3.05. The highest BCUT2D eigenvalue weighted by molar-refractivity contribution is 5.91. The Balaban J connectivity index is 2.14. The minimum atomic E-state index is -0.635. The van der Waals surface area contributed by atoms with Crippen molar-refractivity contribution in [1.82, 2.24) is 10.1 Å². The summed E-state index contributed by atoms with van der Waals surface area (Å²) in [4.78, 5) is 14.0. The zero-order valence-electron chi connectivity index (χ0n) is 11.9. The standard InChI is InChI=1S/C14H19N3O3/c1-4-17(8-10-5-6-19-9-10)13(18)11-7-12(16-20-11)14(2,3)15/h5-7,9H,4,8,15H2,1-3H3. The third-order valence-corrected chi connectivity index (χ3v) is 3.00. The lowest BCUT2D eigenvalue weighted by Gasteiger charge is -2.18. The zero-order valence-corrected chi connectivity index (χ0v) is 11.9. The van der Waals surface area contributed by atoms with Crippen LogP contribution in [0.4, 0.5) is 0 Å². The molecule has 0 bridgehead atoms. The van der Waals surface area contributed by atoms with Crippen LogP contribution < -0.4 is 5.73 Å². The van der Waals surface area contributed by atoms with Gasteiger partial charge < -0.3 is 19.6 Å². The second-order valence-electron chi connectivity index (χ2n) is 5.25. The summed E-state index contributed by atoms with van der Waals surface area (Å²) >= 11 is 0. The second kappa shape index (κ2) is 5.50. The fourth-order valence-corrected chi connectivity index (χ4v) is 1.77. The fraction of sp³-hybridized carbons (Fsp3) is 0.429. The molecule has 20 heavy (non-hydrogen) atoms. The quantitative estimate of drug-likeness (QED) is 0.904. The highest BCUT2D eigenvalue weighted by Crippen LogP contribution is 2.18. The van der Waals surface area contributed by atoms with Crippen molar-refractivity contribution in [2.75, 3.05) is 6.54 Å². The maximum absolute atomic E-state index is 12.4. The molecule has 0 aromatic carbocycles. The van der Waals surface area contributed by atoms with Crippen molar-refractivity contribution in [3.8, 4) is 0 Å². The number of hydrogen-bond donors (Lipinski definition) is 1. The molecule has 0 aliphatic heterocycles. The summed E-state index contributed by atoms with van der Waals surface area (Å²) in [5.41, 5.74) is 6.78. The van der Waals surface area contributed by atoms with E-state index in [0.717, 1.165) is 5.56 Å². The normalized spacial score (nSPS) is 11.6. The number of hydrogen-bond acceptors (Lipinski definition) is 5. The number of amides is 1. The minimum absolute atomic E-state index is 0.198. The Hall–Kier alpha value is -2.08. The van der Waals surface area contributed by atoms with Gasteiger partial charge in [-0.3, -0.25) is 4.79 Å². The first-order chi connectivity index (χ1) is 9.41. The smallest absolute Gasteiger partial charge is 0.292 e. The van der Waals surface area contributed by atoms with E-state index in [1.807, 2.05) is 26.8 Å². The molecule has 1 amide bonds. The van der Waals surface area contributed by atoms with Gasteiger partial charge in [-0.2, -0.15) is 0 Å². The minimum Gasteiger partial charge on any atom is -0.472 e. The Morgan fingerprint density at radius 3 is 2.75 bits per heavy atom. The maximum Gasteiger partial charge on any atom is 0.292 e. The first-order valence-electron chi connectivity index (χ1n) is 6.48. The molecule has 0 radical (unpaired) electrons. The third-order valence-electron chi connectivity index (χ3n) is 3.00. The Morgan fingerprint density at radius 2 is 2.25 bits per heavy atom. The number of nitrogens with two attached hydrogens (primary N) is 1. The molecule has 2 aromatic rings. The number of rotatable bonds is 5. The zero-order chi connectivity index (χ0) is 14.8. The molecule has 2 aromatic heterocycles. The molecular weight excluding hydrogens is 258 g/mol. The predicted molar refractivity (Wildman–Crippen MR) is 72.8 cm³/mol. The molecule has 0 aliphatic rings. The molecule has 108 valence electrons. The summed E-state index contributed by atoms with van der Waals surface area (Å²) in [6, 6.07) is 3.42. The number of carbonyl (C=O) groups is 1. The van der Waals surface area contributed by atoms with E-state index in [2.05, 4.69) is 5.16 Å². The van der Waals surface area contributed by atoms with Crippen molar-refractivity contribution in [3.05, 3.63) is 41.7 Å². The van der Waals surface area contributed by atoms with E-state index in [0.29, 0.717) is 18.8 Å². The van der Waals surface area contributed by atoms with Gasteiger partial charge in [0.2, 0.25) is 5.76 Å². The Bertz CT molecular complexity index is 567. The van der Waals surface area contributed by atoms with E-state index in [1.54, 1.807) is 23.5 Å². The van der Waals surface area contributed by atoms with E-state index < -0.39 is 5.54 Å². The molecule has 2 N–H and O–H groups in total. The lowest BCUT2D eigenvalue weighted by atomic mass is 10.0. The van der Waals surface area contributed by atoms with Gasteiger partial charge in [0.15, 0.2) is 0 Å². The van der Waals surface area contributed by atoms with Crippen LogP contribution in [0.3, 0.4) is 0 Å². The van der Waals surface area contributed by atoms with E-state index >= 15 is 0 Å². The van der Waals surface area contributed by atoms with Crippen LogP contribution >= 0.6 is 0 Å². The molecule has 6 nitrogen and oxygen atoms in total. The van der Waals surface area contributed by atoms with E-state index in [1.165, 1.54) is 0 Å². The van der Waals surface area contributed by atoms with Gasteiger partial charge in [-0.25, -0.2) is 0 Å². The van der Waals surface area contributed by atoms with Crippen LogP contribution in [0.25, 0.3) is 0 Å². The molecule has 0 atom stereocenters. The second-order valence-corrected chi connectivity index (χ2v) is 5.25. The first-order valence-corrected chi connectivity index (χ1v) is 6.48. The fourth-order valence-electron chi connectivity index (χ4n) is 1.77. The van der Waals surface area contributed by atoms with Gasteiger partial charge in [0.05, 0.1) is 18.1 Å². The summed E-state index contributed by atoms with van der Waals surface area (Å²) in [7, 11) is 0. The van der Waals surface area contributed by atoms with Gasteiger partial charge in [0.25, 0.3) is 5.91 Å². The lowest BCUT2D eigenvalue weighted by molar-refractivity contribution is 0.0710. The predicted octanol–water partition coefficient (Wildman–Crippen LogP) is 2.12. The van der Waals surface area contributed by atoms with Crippen LogP contribution in [-0.4, -0.2) is 22.5 Å². The van der Waals surface area contributed by atoms with Crippen LogP contribution in [-0.2, 0) is 12.1 Å². The van der Waals surface area contributed by atoms with Gasteiger partial charge in [-0.05, 0) is 26.8 Å². The molecule has 0 fully saturated rings. The van der Waals surface area contributed by atoms with Crippen LogP contribution in [0.15, 0.2) is 33.6 Å². The molecule has 2 heterocycles. The van der Waals surface area contributed by atoms with Crippen molar-refractivity contribution in [2.45, 2.75) is 32.9 Å². The molecule has 0 spiro atoms. The molecular formula is C14H19N3O3. The topological polar surface area (TPSA) is 85.5 Å². The first kappa shape index (κ1) is 14.3. The Labute approximate surface area is 117 Å². The summed E-state index contributed by atoms with van der Waals surface area (Å²) < 4.78 is 10.1. The van der Waals surface area contributed by atoms with Gasteiger partial charge in [-0.15, -0.1) is 0 Å². The van der Waals surface area contributed by atoms with E-state index in [-0.39, 0.29) is 11.7 Å². The van der Waals surface area contributed by atoms with Crippen molar-refractivity contribution in [3.63, 3.8) is 0 Å². The molecule has 0 saturated heterocycles. The molecule has 0 aliphatic carbocycles. The van der Waals surface area contributed by atoms with Crippen molar-refractivity contribution in [2.24, 2.45) is 5.73 Å². The van der Waals surface area contributed by atoms with Crippen LogP contribution in [0.2, 0.25) is 0 Å². The summed E-state index contributed by atoms with van der Waals surface area (Å²) in [5, 5.41) is 3.86. The number of aromatic nitrogens is 1. The molecule has 0 saturated carbocycles. The van der Waals surface area contributed by atoms with Gasteiger partial charge in [0.1, 0.15) is 5.69 Å². The third kappa shape index (κ3) is 3.08. The highest BCUT2D eigenvalue weighted by atomic mass is 16.5. The van der Waals surface area contributed by atoms with Crippen LogP contribution in [0.5, 0.6) is 0 Å². The molecule has 0 unspecified atom stereocenters. The summed E-state index contributed by atoms with van der Waals surface area (Å²) in [5.74, 6) is -0.0134. The van der Waals surface area contributed by atoms with E-state index in [9.17, 15) is 4.79 Å². The molecule has 2 rings (SSSR count). The Morgan fingerprint density at radius 1 is 1.50 bits per heavy atom. The van der Waals surface area contributed by atoms with Gasteiger partial charge >= 0.3 is 0 Å². The average molecular weight is 277 g/mol. The van der Waals surface area contributed by atoms with Crippen molar-refractivity contribution < 1.29 is 13.7 Å². The van der Waals surface area contributed by atoms with Crippen molar-refractivity contribution in [1.29, 1.82) is 0 Å².